The third-order valence-electron chi connectivity index (χ3n) is 4.67. The largest absolute Gasteiger partial charge is 0.328 e. The second-order valence-corrected chi connectivity index (χ2v) is 6.14. The van der Waals surface area contributed by atoms with Crippen LogP contribution in [0.1, 0.15) is 39.0 Å². The SMILES string of the molecule is CC(N)C1CCCN(C2CCCN(C)CC2)C1. The van der Waals surface area contributed by atoms with Gasteiger partial charge >= 0.3 is 0 Å². The zero-order valence-electron chi connectivity index (χ0n) is 11.6. The molecule has 2 fully saturated rings. The van der Waals surface area contributed by atoms with E-state index in [0.29, 0.717) is 6.04 Å². The first-order valence-electron chi connectivity index (χ1n) is 7.35. The number of piperidine rings is 1. The molecule has 2 heterocycles. The molecule has 0 amide bonds. The molecule has 3 nitrogen and oxygen atoms in total. The van der Waals surface area contributed by atoms with Crippen LogP contribution in [0.15, 0.2) is 0 Å². The topological polar surface area (TPSA) is 32.5 Å². The number of nitrogens with zero attached hydrogens (tertiary/aromatic N) is 2. The monoisotopic (exact) mass is 239 g/mol. The zero-order valence-corrected chi connectivity index (χ0v) is 11.6. The van der Waals surface area contributed by atoms with Crippen LogP contribution in [0.25, 0.3) is 0 Å². The van der Waals surface area contributed by atoms with Crippen molar-refractivity contribution in [2.24, 2.45) is 11.7 Å². The first kappa shape index (κ1) is 13.3. The summed E-state index contributed by atoms with van der Waals surface area (Å²) in [5, 5.41) is 0. The van der Waals surface area contributed by atoms with Crippen molar-refractivity contribution < 1.29 is 0 Å². The Hall–Kier alpha value is -0.120. The molecule has 0 bridgehead atoms. The summed E-state index contributed by atoms with van der Waals surface area (Å²) >= 11 is 0. The summed E-state index contributed by atoms with van der Waals surface area (Å²) in [4.78, 5) is 5.21. The third-order valence-corrected chi connectivity index (χ3v) is 4.67. The molecule has 100 valence electrons. The molecule has 0 saturated carbocycles. The minimum atomic E-state index is 0.367. The summed E-state index contributed by atoms with van der Waals surface area (Å²) in [7, 11) is 2.25. The molecule has 0 radical (unpaired) electrons. The van der Waals surface area contributed by atoms with E-state index in [0.717, 1.165) is 12.0 Å². The van der Waals surface area contributed by atoms with Gasteiger partial charge in [-0.2, -0.15) is 0 Å². The van der Waals surface area contributed by atoms with Crippen molar-refractivity contribution in [3.05, 3.63) is 0 Å². The van der Waals surface area contributed by atoms with Crippen molar-refractivity contribution in [1.82, 2.24) is 9.80 Å². The van der Waals surface area contributed by atoms with Crippen LogP contribution in [0.3, 0.4) is 0 Å². The van der Waals surface area contributed by atoms with Gasteiger partial charge in [0.05, 0.1) is 0 Å². The average molecular weight is 239 g/mol. The Kier molecular flexibility index (Phi) is 4.83. The van der Waals surface area contributed by atoms with E-state index in [4.69, 9.17) is 5.73 Å². The molecule has 2 aliphatic heterocycles. The predicted octanol–water partition coefficient (Wildman–Crippen LogP) is 1.53. The standard InChI is InChI=1S/C14H29N3/c1-12(15)13-5-3-9-17(11-13)14-6-4-8-16(2)10-7-14/h12-14H,3-11,15H2,1-2H3. The first-order valence-corrected chi connectivity index (χ1v) is 7.35. The van der Waals surface area contributed by atoms with Crippen LogP contribution >= 0.6 is 0 Å². The van der Waals surface area contributed by atoms with Crippen LogP contribution in [-0.4, -0.2) is 55.1 Å². The van der Waals surface area contributed by atoms with Crippen molar-refractivity contribution >= 4 is 0 Å². The molecular formula is C14H29N3. The summed E-state index contributed by atoms with van der Waals surface area (Å²) < 4.78 is 0. The molecule has 0 aromatic heterocycles. The molecule has 3 heteroatoms. The van der Waals surface area contributed by atoms with E-state index in [1.54, 1.807) is 0 Å². The van der Waals surface area contributed by atoms with Gasteiger partial charge in [0.2, 0.25) is 0 Å². The Bertz CT molecular complexity index is 230. The fourth-order valence-corrected chi connectivity index (χ4v) is 3.39. The van der Waals surface area contributed by atoms with Crippen molar-refractivity contribution in [2.45, 2.75) is 51.1 Å². The minimum Gasteiger partial charge on any atom is -0.328 e. The Morgan fingerprint density at radius 1 is 1.06 bits per heavy atom. The van der Waals surface area contributed by atoms with Gasteiger partial charge in [-0.05, 0) is 71.6 Å². The van der Waals surface area contributed by atoms with Gasteiger partial charge in [0, 0.05) is 18.6 Å². The summed E-state index contributed by atoms with van der Waals surface area (Å²) in [6.07, 6.45) is 6.78. The fraction of sp³-hybridized carbons (Fsp3) is 1.00. The smallest absolute Gasteiger partial charge is 0.0108 e. The maximum absolute atomic E-state index is 6.08. The summed E-state index contributed by atoms with van der Waals surface area (Å²) in [5.74, 6) is 0.727. The van der Waals surface area contributed by atoms with Crippen molar-refractivity contribution in [3.63, 3.8) is 0 Å². The van der Waals surface area contributed by atoms with E-state index in [9.17, 15) is 0 Å². The molecule has 2 N–H and O–H groups in total. The van der Waals surface area contributed by atoms with Gasteiger partial charge < -0.3 is 15.5 Å². The lowest BCUT2D eigenvalue weighted by Crippen LogP contribution is -2.47. The molecule has 0 aliphatic carbocycles. The quantitative estimate of drug-likeness (QED) is 0.793. The lowest BCUT2D eigenvalue weighted by molar-refractivity contribution is 0.104. The molecule has 3 atom stereocenters. The van der Waals surface area contributed by atoms with Crippen LogP contribution in [0.5, 0.6) is 0 Å². The summed E-state index contributed by atoms with van der Waals surface area (Å²) in [6.45, 7) is 7.27. The number of nitrogens with two attached hydrogens (primary N) is 1. The Morgan fingerprint density at radius 2 is 1.82 bits per heavy atom. The van der Waals surface area contributed by atoms with Crippen LogP contribution in [0.4, 0.5) is 0 Å². The maximum Gasteiger partial charge on any atom is 0.0108 e. The average Bonchev–Trinajstić information content (AvgIpc) is 2.54. The van der Waals surface area contributed by atoms with E-state index in [1.807, 2.05) is 0 Å². The number of hydrogen-bond acceptors (Lipinski definition) is 3. The van der Waals surface area contributed by atoms with Gasteiger partial charge in [0.1, 0.15) is 0 Å². The normalized spacial score (nSPS) is 35.5. The molecular weight excluding hydrogens is 210 g/mol. The van der Waals surface area contributed by atoms with Crippen LogP contribution in [-0.2, 0) is 0 Å². The lowest BCUT2D eigenvalue weighted by Gasteiger charge is -2.39. The van der Waals surface area contributed by atoms with Gasteiger partial charge in [-0.3, -0.25) is 0 Å². The van der Waals surface area contributed by atoms with Crippen LogP contribution in [0.2, 0.25) is 0 Å². The van der Waals surface area contributed by atoms with Crippen molar-refractivity contribution in [1.29, 1.82) is 0 Å². The highest BCUT2D eigenvalue weighted by molar-refractivity contribution is 4.84. The molecule has 2 rings (SSSR count). The van der Waals surface area contributed by atoms with E-state index >= 15 is 0 Å². The number of rotatable bonds is 2. The number of likely N-dealkylation sites (tertiary alicyclic amines) is 2. The number of hydrogen-bond donors (Lipinski definition) is 1. The highest BCUT2D eigenvalue weighted by Crippen LogP contribution is 2.24. The molecule has 0 spiro atoms. The van der Waals surface area contributed by atoms with Crippen LogP contribution < -0.4 is 5.73 Å². The summed E-state index contributed by atoms with van der Waals surface area (Å²) in [6, 6.07) is 1.19. The molecule has 0 aromatic rings. The fourth-order valence-electron chi connectivity index (χ4n) is 3.39. The lowest BCUT2D eigenvalue weighted by atomic mass is 9.90. The Balaban J connectivity index is 1.87. The van der Waals surface area contributed by atoms with E-state index in [-0.39, 0.29) is 0 Å². The molecule has 2 aliphatic rings. The molecule has 2 saturated heterocycles. The molecule has 17 heavy (non-hydrogen) atoms. The highest BCUT2D eigenvalue weighted by Gasteiger charge is 2.28. The van der Waals surface area contributed by atoms with Gasteiger partial charge in [0.25, 0.3) is 0 Å². The van der Waals surface area contributed by atoms with Gasteiger partial charge in [-0.25, -0.2) is 0 Å². The van der Waals surface area contributed by atoms with Crippen LogP contribution in [0, 0.1) is 5.92 Å². The van der Waals surface area contributed by atoms with Gasteiger partial charge in [-0.15, -0.1) is 0 Å². The second-order valence-electron chi connectivity index (χ2n) is 6.14. The predicted molar refractivity (Wildman–Crippen MR) is 73.1 cm³/mol. The van der Waals surface area contributed by atoms with Gasteiger partial charge in [-0.1, -0.05) is 0 Å². The zero-order chi connectivity index (χ0) is 12.3. The summed E-state index contributed by atoms with van der Waals surface area (Å²) in [5.41, 5.74) is 6.08. The van der Waals surface area contributed by atoms with Crippen molar-refractivity contribution in [2.75, 3.05) is 33.2 Å². The molecule has 3 unspecified atom stereocenters. The Labute approximate surface area is 106 Å². The first-order chi connectivity index (χ1) is 8.16. The van der Waals surface area contributed by atoms with Crippen molar-refractivity contribution in [3.8, 4) is 0 Å². The minimum absolute atomic E-state index is 0.367. The highest BCUT2D eigenvalue weighted by atomic mass is 15.2. The van der Waals surface area contributed by atoms with E-state index in [1.165, 1.54) is 58.3 Å². The van der Waals surface area contributed by atoms with E-state index < -0.39 is 0 Å². The van der Waals surface area contributed by atoms with Gasteiger partial charge in [0.15, 0.2) is 0 Å². The third kappa shape index (κ3) is 3.67. The second kappa shape index (κ2) is 6.17. The molecule has 0 aromatic carbocycles. The van der Waals surface area contributed by atoms with E-state index in [2.05, 4.69) is 23.8 Å². The maximum atomic E-state index is 6.08. The Morgan fingerprint density at radius 3 is 2.59 bits per heavy atom.